The van der Waals surface area contributed by atoms with E-state index in [1.807, 2.05) is 11.4 Å². The molecule has 21 heavy (non-hydrogen) atoms. The first-order valence-corrected chi connectivity index (χ1v) is 7.52. The molecule has 0 aliphatic heterocycles. The molecule has 108 valence electrons. The van der Waals surface area contributed by atoms with Gasteiger partial charge in [-0.05, 0) is 18.2 Å². The maximum absolute atomic E-state index is 12.3. The number of imidazole rings is 1. The average molecular weight is 300 g/mol. The van der Waals surface area contributed by atoms with Crippen LogP contribution in [0.4, 0.5) is 5.13 Å². The van der Waals surface area contributed by atoms with Crippen molar-refractivity contribution in [3.8, 4) is 0 Å². The number of fused-ring (bicyclic) bond motifs is 1. The van der Waals surface area contributed by atoms with Crippen LogP contribution >= 0.6 is 11.3 Å². The summed E-state index contributed by atoms with van der Waals surface area (Å²) < 4.78 is 0. The Morgan fingerprint density at radius 2 is 2.14 bits per heavy atom. The van der Waals surface area contributed by atoms with Gasteiger partial charge < -0.3 is 4.98 Å². The highest BCUT2D eigenvalue weighted by atomic mass is 32.1. The van der Waals surface area contributed by atoms with Crippen LogP contribution in [0.2, 0.25) is 0 Å². The second-order valence-electron chi connectivity index (χ2n) is 5.88. The van der Waals surface area contributed by atoms with Crippen LogP contribution in [0, 0.1) is 0 Å². The van der Waals surface area contributed by atoms with Crippen molar-refractivity contribution >= 4 is 33.4 Å². The quantitative estimate of drug-likeness (QED) is 0.760. The van der Waals surface area contributed by atoms with Crippen LogP contribution in [0.3, 0.4) is 0 Å². The van der Waals surface area contributed by atoms with Gasteiger partial charge in [0.15, 0.2) is 5.13 Å². The molecule has 0 saturated heterocycles. The molecule has 5 nitrogen and oxygen atoms in total. The Kier molecular flexibility index (Phi) is 3.25. The Balaban J connectivity index is 1.81. The van der Waals surface area contributed by atoms with Crippen molar-refractivity contribution < 1.29 is 4.79 Å². The molecule has 0 aliphatic carbocycles. The number of thiazole rings is 1. The number of nitrogens with one attached hydrogen (secondary N) is 2. The smallest absolute Gasteiger partial charge is 0.257 e. The molecule has 3 aromatic rings. The molecule has 0 radical (unpaired) electrons. The van der Waals surface area contributed by atoms with Gasteiger partial charge in [-0.2, -0.15) is 0 Å². The van der Waals surface area contributed by atoms with E-state index in [1.54, 1.807) is 18.5 Å². The normalized spacial score (nSPS) is 11.8. The third-order valence-electron chi connectivity index (χ3n) is 3.18. The van der Waals surface area contributed by atoms with Crippen molar-refractivity contribution in [1.82, 2.24) is 15.0 Å². The number of aromatic amines is 1. The highest BCUT2D eigenvalue weighted by molar-refractivity contribution is 7.14. The van der Waals surface area contributed by atoms with Crippen LogP contribution in [0.5, 0.6) is 0 Å². The van der Waals surface area contributed by atoms with Gasteiger partial charge in [0.2, 0.25) is 0 Å². The van der Waals surface area contributed by atoms with Gasteiger partial charge in [0.1, 0.15) is 0 Å². The molecule has 1 amide bonds. The molecular formula is C15H16N4OS. The molecule has 0 fully saturated rings. The zero-order valence-corrected chi connectivity index (χ0v) is 12.9. The third kappa shape index (κ3) is 2.80. The molecule has 0 bridgehead atoms. The first-order valence-electron chi connectivity index (χ1n) is 6.64. The standard InChI is InChI=1S/C15H16N4OS/c1-15(2,3)12-7-21-14(18-12)19-13(20)9-4-5-10-11(6-9)17-8-16-10/h4-8H,1-3H3,(H,16,17)(H,18,19,20). The molecule has 0 unspecified atom stereocenters. The summed E-state index contributed by atoms with van der Waals surface area (Å²) in [7, 11) is 0. The first kappa shape index (κ1) is 13.8. The fourth-order valence-corrected chi connectivity index (χ4v) is 2.85. The highest BCUT2D eigenvalue weighted by Crippen LogP contribution is 2.26. The van der Waals surface area contributed by atoms with E-state index in [1.165, 1.54) is 11.3 Å². The Morgan fingerprint density at radius 3 is 2.86 bits per heavy atom. The zero-order valence-electron chi connectivity index (χ0n) is 12.1. The minimum Gasteiger partial charge on any atom is -0.345 e. The molecular weight excluding hydrogens is 284 g/mol. The number of hydrogen-bond donors (Lipinski definition) is 2. The lowest BCUT2D eigenvalue weighted by Gasteiger charge is -2.14. The van der Waals surface area contributed by atoms with Gasteiger partial charge in [-0.3, -0.25) is 10.1 Å². The topological polar surface area (TPSA) is 70.7 Å². The molecule has 2 aromatic heterocycles. The van der Waals surface area contributed by atoms with Gasteiger partial charge in [-0.1, -0.05) is 20.8 Å². The fourth-order valence-electron chi connectivity index (χ4n) is 1.92. The van der Waals surface area contributed by atoms with Crippen molar-refractivity contribution in [3.05, 3.63) is 41.2 Å². The van der Waals surface area contributed by atoms with E-state index in [2.05, 4.69) is 41.0 Å². The minimum atomic E-state index is -0.165. The van der Waals surface area contributed by atoms with Crippen LogP contribution in [-0.2, 0) is 5.41 Å². The zero-order chi connectivity index (χ0) is 15.0. The molecule has 0 atom stereocenters. The van der Waals surface area contributed by atoms with Crippen molar-refractivity contribution in [2.45, 2.75) is 26.2 Å². The number of amides is 1. The maximum Gasteiger partial charge on any atom is 0.257 e. The van der Waals surface area contributed by atoms with Crippen LogP contribution in [-0.4, -0.2) is 20.9 Å². The van der Waals surface area contributed by atoms with Crippen LogP contribution in [0.25, 0.3) is 11.0 Å². The number of carbonyl (C=O) groups is 1. The maximum atomic E-state index is 12.3. The lowest BCUT2D eigenvalue weighted by atomic mass is 9.93. The summed E-state index contributed by atoms with van der Waals surface area (Å²) in [4.78, 5) is 23.9. The van der Waals surface area contributed by atoms with Crippen molar-refractivity contribution in [3.63, 3.8) is 0 Å². The third-order valence-corrected chi connectivity index (χ3v) is 3.93. The largest absolute Gasteiger partial charge is 0.345 e. The molecule has 2 N–H and O–H groups in total. The Labute approximate surface area is 126 Å². The minimum absolute atomic E-state index is 0.0195. The van der Waals surface area contributed by atoms with Gasteiger partial charge in [-0.15, -0.1) is 11.3 Å². The van der Waals surface area contributed by atoms with E-state index in [-0.39, 0.29) is 11.3 Å². The Hall–Kier alpha value is -2.21. The summed E-state index contributed by atoms with van der Waals surface area (Å²) >= 11 is 1.44. The number of rotatable bonds is 2. The average Bonchev–Trinajstić information content (AvgIpc) is 3.04. The monoisotopic (exact) mass is 300 g/mol. The number of aromatic nitrogens is 3. The van der Waals surface area contributed by atoms with Gasteiger partial charge in [0, 0.05) is 16.4 Å². The summed E-state index contributed by atoms with van der Waals surface area (Å²) in [6, 6.07) is 5.37. The SMILES string of the molecule is CC(C)(C)c1csc(NC(=O)c2ccc3nc[nH]c3c2)n1. The summed E-state index contributed by atoms with van der Waals surface area (Å²) in [6.07, 6.45) is 1.61. The Bertz CT molecular complexity index is 797. The first-order chi connectivity index (χ1) is 9.93. The lowest BCUT2D eigenvalue weighted by molar-refractivity contribution is 0.102. The predicted molar refractivity (Wildman–Crippen MR) is 84.9 cm³/mol. The second-order valence-corrected chi connectivity index (χ2v) is 6.73. The van der Waals surface area contributed by atoms with Crippen LogP contribution in [0.1, 0.15) is 36.8 Å². The van der Waals surface area contributed by atoms with E-state index in [0.717, 1.165) is 16.7 Å². The lowest BCUT2D eigenvalue weighted by Crippen LogP contribution is -2.14. The molecule has 0 saturated carbocycles. The fraction of sp³-hybridized carbons (Fsp3) is 0.267. The van der Waals surface area contributed by atoms with Crippen molar-refractivity contribution in [2.75, 3.05) is 5.32 Å². The number of benzene rings is 1. The number of carbonyl (C=O) groups excluding carboxylic acids is 1. The predicted octanol–water partition coefficient (Wildman–Crippen LogP) is 3.57. The number of H-pyrrole nitrogens is 1. The van der Waals surface area contributed by atoms with Gasteiger partial charge in [-0.25, -0.2) is 9.97 Å². The Morgan fingerprint density at radius 1 is 1.33 bits per heavy atom. The van der Waals surface area contributed by atoms with E-state index in [0.29, 0.717) is 10.7 Å². The van der Waals surface area contributed by atoms with Crippen molar-refractivity contribution in [1.29, 1.82) is 0 Å². The van der Waals surface area contributed by atoms with Gasteiger partial charge in [0.05, 0.1) is 23.1 Å². The molecule has 1 aromatic carbocycles. The van der Waals surface area contributed by atoms with E-state index >= 15 is 0 Å². The number of anilines is 1. The molecule has 3 rings (SSSR count). The van der Waals surface area contributed by atoms with E-state index < -0.39 is 0 Å². The molecule has 2 heterocycles. The van der Waals surface area contributed by atoms with Crippen molar-refractivity contribution in [2.24, 2.45) is 0 Å². The summed E-state index contributed by atoms with van der Waals surface area (Å²) in [5.74, 6) is -0.165. The van der Waals surface area contributed by atoms with E-state index in [9.17, 15) is 4.79 Å². The molecule has 6 heteroatoms. The number of hydrogen-bond acceptors (Lipinski definition) is 4. The van der Waals surface area contributed by atoms with Crippen LogP contribution in [0.15, 0.2) is 29.9 Å². The second kappa shape index (κ2) is 4.96. The molecule has 0 aliphatic rings. The summed E-state index contributed by atoms with van der Waals surface area (Å²) in [5.41, 5.74) is 3.23. The summed E-state index contributed by atoms with van der Waals surface area (Å²) in [6.45, 7) is 6.29. The number of nitrogens with zero attached hydrogens (tertiary/aromatic N) is 2. The van der Waals surface area contributed by atoms with E-state index in [4.69, 9.17) is 0 Å². The molecule has 0 spiro atoms. The van der Waals surface area contributed by atoms with Gasteiger partial charge in [0.25, 0.3) is 5.91 Å². The van der Waals surface area contributed by atoms with Crippen LogP contribution < -0.4 is 5.32 Å². The summed E-state index contributed by atoms with van der Waals surface area (Å²) in [5, 5.41) is 5.44. The highest BCUT2D eigenvalue weighted by Gasteiger charge is 2.18. The van der Waals surface area contributed by atoms with Gasteiger partial charge >= 0.3 is 0 Å².